The minimum absolute atomic E-state index is 0.0211. The highest BCUT2D eigenvalue weighted by Crippen LogP contribution is 2.28. The summed E-state index contributed by atoms with van der Waals surface area (Å²) >= 11 is 6.40. The Morgan fingerprint density at radius 2 is 1.69 bits per heavy atom. The van der Waals surface area contributed by atoms with E-state index in [1.807, 2.05) is 80.6 Å². The van der Waals surface area contributed by atoms with Crippen LogP contribution in [0.3, 0.4) is 0 Å². The van der Waals surface area contributed by atoms with Crippen molar-refractivity contribution in [3.05, 3.63) is 107 Å². The van der Waals surface area contributed by atoms with E-state index in [2.05, 4.69) is 17.4 Å². The first kappa shape index (κ1) is 21.8. The SMILES string of the molecule is Cc1ccc(-n2nc(-c3ccccc3Cl)cc2C(=O)NC(C)CCc2ccccc2)cc1. The maximum absolute atomic E-state index is 13.3. The van der Waals surface area contributed by atoms with Crippen molar-refractivity contribution >= 4 is 17.5 Å². The molecule has 0 saturated heterocycles. The molecule has 4 aromatic rings. The molecule has 0 fully saturated rings. The summed E-state index contributed by atoms with van der Waals surface area (Å²) < 4.78 is 1.69. The van der Waals surface area contributed by atoms with Gasteiger partial charge in [0.25, 0.3) is 5.91 Å². The number of nitrogens with one attached hydrogen (secondary N) is 1. The topological polar surface area (TPSA) is 46.9 Å². The molecule has 4 nitrogen and oxygen atoms in total. The highest BCUT2D eigenvalue weighted by atomic mass is 35.5. The number of halogens is 1. The van der Waals surface area contributed by atoms with Gasteiger partial charge in [0.1, 0.15) is 5.69 Å². The van der Waals surface area contributed by atoms with E-state index in [0.717, 1.165) is 29.7 Å². The van der Waals surface area contributed by atoms with Gasteiger partial charge in [0.05, 0.1) is 16.4 Å². The third-order valence-electron chi connectivity index (χ3n) is 5.46. The molecular formula is C27H26ClN3O. The zero-order valence-corrected chi connectivity index (χ0v) is 19.0. The van der Waals surface area contributed by atoms with Crippen molar-refractivity contribution in [2.45, 2.75) is 32.7 Å². The summed E-state index contributed by atoms with van der Waals surface area (Å²) in [5.41, 5.74) is 5.18. The maximum Gasteiger partial charge on any atom is 0.270 e. The van der Waals surface area contributed by atoms with Gasteiger partial charge in [-0.1, -0.05) is 77.8 Å². The van der Waals surface area contributed by atoms with Crippen molar-refractivity contribution in [3.63, 3.8) is 0 Å². The molecular weight excluding hydrogens is 418 g/mol. The van der Waals surface area contributed by atoms with Gasteiger partial charge in [0.2, 0.25) is 0 Å². The number of hydrogen-bond donors (Lipinski definition) is 1. The van der Waals surface area contributed by atoms with Crippen LogP contribution in [0.15, 0.2) is 84.9 Å². The maximum atomic E-state index is 13.3. The molecule has 1 aromatic heterocycles. The highest BCUT2D eigenvalue weighted by molar-refractivity contribution is 6.33. The van der Waals surface area contributed by atoms with Crippen LogP contribution in [0.1, 0.15) is 35.0 Å². The van der Waals surface area contributed by atoms with E-state index in [1.165, 1.54) is 5.56 Å². The summed E-state index contributed by atoms with van der Waals surface area (Å²) in [6, 6.07) is 27.6. The Kier molecular flexibility index (Phi) is 6.72. The second-order valence-electron chi connectivity index (χ2n) is 8.04. The van der Waals surface area contributed by atoms with Crippen LogP contribution in [0.4, 0.5) is 0 Å². The normalized spacial score (nSPS) is 11.8. The second-order valence-corrected chi connectivity index (χ2v) is 8.45. The smallest absolute Gasteiger partial charge is 0.270 e. The Morgan fingerprint density at radius 3 is 2.41 bits per heavy atom. The number of nitrogens with zero attached hydrogens (tertiary/aromatic N) is 2. The Hall–Kier alpha value is -3.37. The fourth-order valence-electron chi connectivity index (χ4n) is 3.62. The first-order valence-electron chi connectivity index (χ1n) is 10.8. The molecule has 0 aliphatic carbocycles. The van der Waals surface area contributed by atoms with Gasteiger partial charge >= 0.3 is 0 Å². The summed E-state index contributed by atoms with van der Waals surface area (Å²) in [5.74, 6) is -0.156. The van der Waals surface area contributed by atoms with Gasteiger partial charge in [-0.2, -0.15) is 5.10 Å². The largest absolute Gasteiger partial charge is 0.348 e. The molecule has 1 amide bonds. The van der Waals surface area contributed by atoms with Crippen molar-refractivity contribution in [3.8, 4) is 16.9 Å². The molecule has 0 radical (unpaired) electrons. The first-order valence-corrected chi connectivity index (χ1v) is 11.2. The van der Waals surface area contributed by atoms with E-state index in [1.54, 1.807) is 10.7 Å². The molecule has 1 atom stereocenters. The molecule has 32 heavy (non-hydrogen) atoms. The molecule has 0 saturated carbocycles. The number of hydrogen-bond acceptors (Lipinski definition) is 2. The van der Waals surface area contributed by atoms with Crippen LogP contribution in [-0.4, -0.2) is 21.7 Å². The zero-order chi connectivity index (χ0) is 22.5. The summed E-state index contributed by atoms with van der Waals surface area (Å²) in [5, 5.41) is 8.47. The van der Waals surface area contributed by atoms with E-state index < -0.39 is 0 Å². The van der Waals surface area contributed by atoms with Crippen LogP contribution in [0, 0.1) is 6.92 Å². The van der Waals surface area contributed by atoms with Gasteiger partial charge in [-0.15, -0.1) is 0 Å². The summed E-state index contributed by atoms with van der Waals surface area (Å²) in [6.07, 6.45) is 1.76. The Labute approximate surface area is 193 Å². The van der Waals surface area contributed by atoms with Crippen LogP contribution in [-0.2, 0) is 6.42 Å². The Balaban J connectivity index is 1.60. The summed E-state index contributed by atoms with van der Waals surface area (Å²) in [4.78, 5) is 13.3. The number of rotatable bonds is 7. The van der Waals surface area contributed by atoms with Crippen LogP contribution in [0.5, 0.6) is 0 Å². The van der Waals surface area contributed by atoms with E-state index in [9.17, 15) is 4.79 Å². The molecule has 1 N–H and O–H groups in total. The predicted octanol–water partition coefficient (Wildman–Crippen LogP) is 6.25. The van der Waals surface area contributed by atoms with Crippen molar-refractivity contribution in [1.29, 1.82) is 0 Å². The van der Waals surface area contributed by atoms with Gasteiger partial charge in [-0.3, -0.25) is 4.79 Å². The van der Waals surface area contributed by atoms with E-state index in [4.69, 9.17) is 16.7 Å². The van der Waals surface area contributed by atoms with Crippen molar-refractivity contribution < 1.29 is 4.79 Å². The minimum atomic E-state index is -0.156. The third kappa shape index (κ3) is 5.09. The highest BCUT2D eigenvalue weighted by Gasteiger charge is 2.20. The van der Waals surface area contributed by atoms with Gasteiger partial charge in [0, 0.05) is 11.6 Å². The minimum Gasteiger partial charge on any atom is -0.348 e. The molecule has 1 heterocycles. The van der Waals surface area contributed by atoms with Crippen LogP contribution >= 0.6 is 11.6 Å². The van der Waals surface area contributed by atoms with Crippen LogP contribution < -0.4 is 5.32 Å². The zero-order valence-electron chi connectivity index (χ0n) is 18.3. The average Bonchev–Trinajstić information content (AvgIpc) is 3.24. The van der Waals surface area contributed by atoms with Gasteiger partial charge in [0.15, 0.2) is 0 Å². The lowest BCUT2D eigenvalue weighted by atomic mass is 10.1. The monoisotopic (exact) mass is 443 g/mol. The lowest BCUT2D eigenvalue weighted by molar-refractivity contribution is 0.0930. The Morgan fingerprint density at radius 1 is 1.00 bits per heavy atom. The van der Waals surface area contributed by atoms with Crippen molar-refractivity contribution in [1.82, 2.24) is 15.1 Å². The molecule has 3 aromatic carbocycles. The molecule has 162 valence electrons. The number of benzene rings is 3. The van der Waals surface area contributed by atoms with E-state index in [0.29, 0.717) is 16.4 Å². The van der Waals surface area contributed by atoms with E-state index in [-0.39, 0.29) is 11.9 Å². The lowest BCUT2D eigenvalue weighted by Gasteiger charge is -2.15. The van der Waals surface area contributed by atoms with E-state index >= 15 is 0 Å². The van der Waals surface area contributed by atoms with Crippen molar-refractivity contribution in [2.24, 2.45) is 0 Å². The quantitative estimate of drug-likeness (QED) is 0.367. The van der Waals surface area contributed by atoms with Crippen LogP contribution in [0.2, 0.25) is 5.02 Å². The standard InChI is InChI=1S/C27H26ClN3O/c1-19-12-16-22(17-13-19)31-26(18-25(30-31)23-10-6-7-11-24(23)28)27(32)29-20(2)14-15-21-8-4-3-5-9-21/h3-13,16-18,20H,14-15H2,1-2H3,(H,29,32). The molecule has 0 aliphatic rings. The molecule has 0 bridgehead atoms. The molecule has 4 rings (SSSR count). The third-order valence-corrected chi connectivity index (χ3v) is 5.79. The van der Waals surface area contributed by atoms with Crippen LogP contribution in [0.25, 0.3) is 16.9 Å². The molecule has 5 heteroatoms. The average molecular weight is 444 g/mol. The summed E-state index contributed by atoms with van der Waals surface area (Å²) in [6.45, 7) is 4.06. The molecule has 0 aliphatic heterocycles. The molecule has 1 unspecified atom stereocenters. The predicted molar refractivity (Wildman–Crippen MR) is 130 cm³/mol. The number of aryl methyl sites for hydroxylation is 2. The first-order chi connectivity index (χ1) is 15.5. The molecule has 0 spiro atoms. The number of carbonyl (C=O) groups excluding carboxylic acids is 1. The fourth-order valence-corrected chi connectivity index (χ4v) is 3.86. The van der Waals surface area contributed by atoms with Gasteiger partial charge in [-0.25, -0.2) is 4.68 Å². The lowest BCUT2D eigenvalue weighted by Crippen LogP contribution is -2.34. The second kappa shape index (κ2) is 9.84. The number of aromatic nitrogens is 2. The summed E-state index contributed by atoms with van der Waals surface area (Å²) in [7, 11) is 0. The Bertz CT molecular complexity index is 1200. The number of amides is 1. The number of carbonyl (C=O) groups is 1. The van der Waals surface area contributed by atoms with Crippen molar-refractivity contribution in [2.75, 3.05) is 0 Å². The fraction of sp³-hybridized carbons (Fsp3) is 0.185. The van der Waals surface area contributed by atoms with Gasteiger partial charge < -0.3 is 5.32 Å². The van der Waals surface area contributed by atoms with Gasteiger partial charge in [-0.05, 0) is 56.5 Å².